The van der Waals surface area contributed by atoms with E-state index < -0.39 is 5.54 Å². The average Bonchev–Trinajstić information content (AvgIpc) is 3.20. The van der Waals surface area contributed by atoms with Crippen molar-refractivity contribution in [3.63, 3.8) is 0 Å². The molecule has 0 unspecified atom stereocenters. The number of fused-ring (bicyclic) bond motifs is 2. The fraction of sp³-hybridized carbons (Fsp3) is 0.400. The molecule has 1 saturated heterocycles. The Balaban J connectivity index is 1.60. The molecule has 0 aromatic carbocycles. The van der Waals surface area contributed by atoms with Crippen molar-refractivity contribution in [2.45, 2.75) is 18.4 Å². The second kappa shape index (κ2) is 5.09. The summed E-state index contributed by atoms with van der Waals surface area (Å²) in [6.07, 6.45) is 3.09. The molecule has 8 heteroatoms. The molecule has 0 bridgehead atoms. The summed E-state index contributed by atoms with van der Waals surface area (Å²) in [7, 11) is 1.83. The van der Waals surface area contributed by atoms with Crippen LogP contribution in [0.5, 0.6) is 0 Å². The van der Waals surface area contributed by atoms with Crippen LogP contribution in [0.1, 0.15) is 39.4 Å². The number of hydrogen-bond acceptors (Lipinski definition) is 6. The van der Waals surface area contributed by atoms with Gasteiger partial charge in [-0.2, -0.15) is 0 Å². The summed E-state index contributed by atoms with van der Waals surface area (Å²) in [6, 6.07) is 3.62. The minimum atomic E-state index is -0.398. The zero-order valence-electron chi connectivity index (χ0n) is 12.6. The highest BCUT2D eigenvalue weighted by atomic mass is 32.1. The van der Waals surface area contributed by atoms with Crippen molar-refractivity contribution in [3.05, 3.63) is 40.7 Å². The predicted molar refractivity (Wildman–Crippen MR) is 83.1 cm³/mol. The van der Waals surface area contributed by atoms with E-state index in [1.807, 2.05) is 13.1 Å². The van der Waals surface area contributed by atoms with Gasteiger partial charge in [0.1, 0.15) is 0 Å². The van der Waals surface area contributed by atoms with Gasteiger partial charge in [-0.15, -0.1) is 5.10 Å². The van der Waals surface area contributed by atoms with Crippen LogP contribution in [-0.4, -0.2) is 56.3 Å². The molecule has 2 aliphatic rings. The number of carbonyl (C=O) groups is 2. The predicted octanol–water partition coefficient (Wildman–Crippen LogP) is 1.15. The van der Waals surface area contributed by atoms with E-state index in [1.54, 1.807) is 27.4 Å². The third-order valence-electron chi connectivity index (χ3n) is 4.88. The van der Waals surface area contributed by atoms with Gasteiger partial charge in [0.2, 0.25) is 0 Å². The van der Waals surface area contributed by atoms with Crippen molar-refractivity contribution in [1.29, 1.82) is 0 Å². The minimum absolute atomic E-state index is 0.0107. The number of hydrogen-bond donors (Lipinski definition) is 0. The summed E-state index contributed by atoms with van der Waals surface area (Å²) < 4.78 is 3.74. The van der Waals surface area contributed by atoms with Crippen LogP contribution >= 0.6 is 11.5 Å². The molecule has 2 aliphatic heterocycles. The minimum Gasteiger partial charge on any atom is -0.337 e. The van der Waals surface area contributed by atoms with Gasteiger partial charge < -0.3 is 9.80 Å². The Morgan fingerprint density at radius 2 is 2.13 bits per heavy atom. The Kier molecular flexibility index (Phi) is 3.15. The number of aromatic nitrogens is 3. The molecule has 7 nitrogen and oxygen atoms in total. The highest BCUT2D eigenvalue weighted by Crippen LogP contribution is 2.44. The number of piperidine rings is 1. The Morgan fingerprint density at radius 1 is 1.35 bits per heavy atom. The first-order chi connectivity index (χ1) is 11.1. The fourth-order valence-electron chi connectivity index (χ4n) is 3.55. The summed E-state index contributed by atoms with van der Waals surface area (Å²) >= 11 is 1.17. The standard InChI is InChI=1S/C15H15N5O2S/c1-19-13(21)10-3-2-6-16-12(10)15(19)4-7-20(8-5-15)14(22)11-9-23-18-17-11/h2-3,6,9H,4-5,7-8H2,1H3. The van der Waals surface area contributed by atoms with E-state index in [9.17, 15) is 9.59 Å². The monoisotopic (exact) mass is 329 g/mol. The molecule has 2 aromatic heterocycles. The summed E-state index contributed by atoms with van der Waals surface area (Å²) in [5.41, 5.74) is 1.51. The van der Waals surface area contributed by atoms with Crippen molar-refractivity contribution >= 4 is 23.3 Å². The molecule has 118 valence electrons. The molecule has 0 N–H and O–H groups in total. The Labute approximate surface area is 137 Å². The molecule has 1 spiro atoms. The van der Waals surface area contributed by atoms with Crippen LogP contribution in [-0.2, 0) is 5.54 Å². The second-order valence-electron chi connectivity index (χ2n) is 5.88. The molecule has 4 rings (SSSR count). The van der Waals surface area contributed by atoms with Gasteiger partial charge in [0.15, 0.2) is 5.69 Å². The molecule has 0 atom stereocenters. The van der Waals surface area contributed by atoms with E-state index in [0.717, 1.165) is 5.69 Å². The zero-order valence-corrected chi connectivity index (χ0v) is 13.4. The smallest absolute Gasteiger partial charge is 0.275 e. The van der Waals surface area contributed by atoms with Gasteiger partial charge >= 0.3 is 0 Å². The van der Waals surface area contributed by atoms with E-state index in [-0.39, 0.29) is 11.8 Å². The van der Waals surface area contributed by atoms with E-state index in [4.69, 9.17) is 0 Å². The van der Waals surface area contributed by atoms with E-state index in [1.165, 1.54) is 11.5 Å². The number of rotatable bonds is 1. The molecule has 4 heterocycles. The average molecular weight is 329 g/mol. The van der Waals surface area contributed by atoms with Crippen LogP contribution in [0.15, 0.2) is 23.7 Å². The van der Waals surface area contributed by atoms with Crippen molar-refractivity contribution in [3.8, 4) is 0 Å². The molecule has 0 saturated carbocycles. The van der Waals surface area contributed by atoms with Gasteiger partial charge in [-0.1, -0.05) is 4.49 Å². The first-order valence-corrected chi connectivity index (χ1v) is 8.27. The maximum Gasteiger partial charge on any atom is 0.275 e. The first-order valence-electron chi connectivity index (χ1n) is 7.43. The Hall–Kier alpha value is -2.35. The lowest BCUT2D eigenvalue weighted by Gasteiger charge is -2.43. The third-order valence-corrected chi connectivity index (χ3v) is 5.39. The van der Waals surface area contributed by atoms with Crippen LogP contribution in [0.25, 0.3) is 0 Å². The number of pyridine rings is 1. The van der Waals surface area contributed by atoms with Crippen molar-refractivity contribution < 1.29 is 9.59 Å². The molecular weight excluding hydrogens is 314 g/mol. The van der Waals surface area contributed by atoms with Crippen LogP contribution in [0.3, 0.4) is 0 Å². The molecule has 2 aromatic rings. The molecule has 0 radical (unpaired) electrons. The summed E-state index contributed by atoms with van der Waals surface area (Å²) in [5.74, 6) is -0.0848. The largest absolute Gasteiger partial charge is 0.337 e. The highest BCUT2D eigenvalue weighted by Gasteiger charge is 2.50. The van der Waals surface area contributed by atoms with Crippen LogP contribution in [0.2, 0.25) is 0 Å². The summed E-state index contributed by atoms with van der Waals surface area (Å²) in [6.45, 7) is 1.15. The maximum atomic E-state index is 12.5. The first kappa shape index (κ1) is 14.3. The number of amides is 2. The highest BCUT2D eigenvalue weighted by molar-refractivity contribution is 7.03. The van der Waals surface area contributed by atoms with Gasteiger partial charge in [0.25, 0.3) is 11.8 Å². The lowest BCUT2D eigenvalue weighted by atomic mass is 9.84. The number of likely N-dealkylation sites (tertiary alicyclic amines) is 1. The fourth-order valence-corrected chi connectivity index (χ4v) is 3.98. The van der Waals surface area contributed by atoms with E-state index >= 15 is 0 Å². The van der Waals surface area contributed by atoms with Gasteiger partial charge in [0.05, 0.1) is 16.8 Å². The lowest BCUT2D eigenvalue weighted by Crippen LogP contribution is -2.51. The summed E-state index contributed by atoms with van der Waals surface area (Å²) in [5, 5.41) is 5.51. The van der Waals surface area contributed by atoms with Crippen molar-refractivity contribution in [2.75, 3.05) is 20.1 Å². The normalized spacial score (nSPS) is 19.3. The topological polar surface area (TPSA) is 79.3 Å². The van der Waals surface area contributed by atoms with E-state index in [0.29, 0.717) is 37.2 Å². The SMILES string of the molecule is CN1C(=O)c2cccnc2C12CCN(C(=O)c1csnn1)CC2. The summed E-state index contributed by atoms with van der Waals surface area (Å²) in [4.78, 5) is 32.9. The quantitative estimate of drug-likeness (QED) is 0.784. The van der Waals surface area contributed by atoms with Gasteiger partial charge in [-0.25, -0.2) is 0 Å². The van der Waals surface area contributed by atoms with Crippen molar-refractivity contribution in [2.24, 2.45) is 0 Å². The van der Waals surface area contributed by atoms with Gasteiger partial charge in [-0.3, -0.25) is 14.6 Å². The number of carbonyl (C=O) groups excluding carboxylic acids is 2. The van der Waals surface area contributed by atoms with Crippen LogP contribution in [0.4, 0.5) is 0 Å². The second-order valence-corrected chi connectivity index (χ2v) is 6.49. The van der Waals surface area contributed by atoms with Crippen molar-refractivity contribution in [1.82, 2.24) is 24.4 Å². The van der Waals surface area contributed by atoms with Gasteiger partial charge in [0, 0.05) is 31.7 Å². The Morgan fingerprint density at radius 3 is 2.83 bits per heavy atom. The van der Waals surface area contributed by atoms with E-state index in [2.05, 4.69) is 14.6 Å². The van der Waals surface area contributed by atoms with Crippen LogP contribution in [0, 0.1) is 0 Å². The van der Waals surface area contributed by atoms with Gasteiger partial charge in [-0.05, 0) is 36.5 Å². The zero-order chi connectivity index (χ0) is 16.0. The molecular formula is C15H15N5O2S. The molecule has 1 fully saturated rings. The third kappa shape index (κ3) is 1.98. The Bertz CT molecular complexity index is 768. The van der Waals surface area contributed by atoms with Crippen LogP contribution < -0.4 is 0 Å². The molecule has 2 amide bonds. The molecule has 23 heavy (non-hydrogen) atoms. The molecule has 0 aliphatic carbocycles. The lowest BCUT2D eigenvalue weighted by molar-refractivity contribution is 0.0334. The maximum absolute atomic E-state index is 12.5. The number of nitrogens with zero attached hydrogens (tertiary/aromatic N) is 5.